The molecule has 0 aliphatic heterocycles. The summed E-state index contributed by atoms with van der Waals surface area (Å²) < 4.78 is 20.8. The molecule has 9 heteroatoms. The summed E-state index contributed by atoms with van der Waals surface area (Å²) in [6.45, 7) is 0. The van der Waals surface area contributed by atoms with Crippen molar-refractivity contribution < 1.29 is 38.6 Å². The maximum atomic E-state index is 10.9. The molecule has 1 radical (unpaired) electrons. The second-order valence-corrected chi connectivity index (χ2v) is 4.67. The summed E-state index contributed by atoms with van der Waals surface area (Å²) in [5.74, 6) is -1.26. The summed E-state index contributed by atoms with van der Waals surface area (Å²) in [7, 11) is 3.75. The molecule has 0 aromatic heterocycles. The fourth-order valence-corrected chi connectivity index (χ4v) is 1.92. The highest BCUT2D eigenvalue weighted by molar-refractivity contribution is 6.21. The average Bonchev–Trinajstić information content (AvgIpc) is 2.61. The van der Waals surface area contributed by atoms with Crippen molar-refractivity contribution in [1.82, 2.24) is 0 Å². The first-order valence-corrected chi connectivity index (χ1v) is 6.94. The van der Waals surface area contributed by atoms with Crippen LogP contribution in [0.15, 0.2) is 36.4 Å². The molecule has 8 nitrogen and oxygen atoms in total. The third-order valence-corrected chi connectivity index (χ3v) is 3.17. The predicted octanol–water partition coefficient (Wildman–Crippen LogP) is 2.09. The number of carboxylic acids is 2. The normalized spacial score (nSPS) is 9.84. The lowest BCUT2D eigenvalue weighted by molar-refractivity contribution is 0.0685. The number of ether oxygens (including phenoxy) is 2. The summed E-state index contributed by atoms with van der Waals surface area (Å²) in [6.07, 6.45) is 0. The summed E-state index contributed by atoms with van der Waals surface area (Å²) in [6, 6.07) is 8.19. The Morgan fingerprint density at radius 3 is 1.48 bits per heavy atom. The quantitative estimate of drug-likeness (QED) is 0.700. The maximum absolute atomic E-state index is 10.9. The number of hydrogen-bond donors (Lipinski definition) is 2. The molecular weight excluding hydrogens is 331 g/mol. The van der Waals surface area contributed by atoms with E-state index in [1.54, 1.807) is 0 Å². The van der Waals surface area contributed by atoms with Crippen molar-refractivity contribution in [1.29, 1.82) is 0 Å². The van der Waals surface area contributed by atoms with Crippen molar-refractivity contribution in [3.63, 3.8) is 0 Å². The summed E-state index contributed by atoms with van der Waals surface area (Å²) in [5.41, 5.74) is 0.104. The van der Waals surface area contributed by atoms with Crippen LogP contribution < -0.4 is 18.8 Å². The Kier molecular flexibility index (Phi) is 5.73. The van der Waals surface area contributed by atoms with E-state index in [-0.39, 0.29) is 34.1 Å². The van der Waals surface area contributed by atoms with Crippen molar-refractivity contribution in [3.8, 4) is 23.0 Å². The van der Waals surface area contributed by atoms with Gasteiger partial charge in [0, 0.05) is 0 Å². The van der Waals surface area contributed by atoms with Crippen molar-refractivity contribution in [2.24, 2.45) is 0 Å². The summed E-state index contributed by atoms with van der Waals surface area (Å²) in [5, 5.41) is 17.9. The molecule has 2 aromatic rings. The molecule has 0 saturated carbocycles. The van der Waals surface area contributed by atoms with Gasteiger partial charge in [-0.3, -0.25) is 0 Å². The highest BCUT2D eigenvalue weighted by Crippen LogP contribution is 2.30. The second kappa shape index (κ2) is 7.96. The van der Waals surface area contributed by atoms with E-state index in [0.29, 0.717) is 0 Å². The smallest absolute Gasteiger partial charge is 0.524 e. The fraction of sp³-hybridized carbons (Fsp3) is 0.125. The highest BCUT2D eigenvalue weighted by atomic mass is 16.6. The van der Waals surface area contributed by atoms with Gasteiger partial charge in [-0.05, 0) is 36.4 Å². The van der Waals surface area contributed by atoms with E-state index in [1.807, 2.05) is 0 Å². The van der Waals surface area contributed by atoms with E-state index in [1.165, 1.54) is 50.6 Å². The molecular formula is C16H14BO8. The lowest BCUT2D eigenvalue weighted by Gasteiger charge is -2.13. The minimum absolute atomic E-state index is 0.0519. The molecule has 25 heavy (non-hydrogen) atoms. The molecule has 0 amide bonds. The zero-order valence-corrected chi connectivity index (χ0v) is 13.4. The van der Waals surface area contributed by atoms with Gasteiger partial charge >= 0.3 is 19.6 Å². The minimum Gasteiger partial charge on any atom is -0.524 e. The monoisotopic (exact) mass is 345 g/mol. The number of rotatable bonds is 8. The SMILES string of the molecule is COc1cc(C(=O)O)ccc1O[B]Oc1ccc(C(=O)O)cc1OC. The molecule has 0 aliphatic rings. The molecule has 129 valence electrons. The van der Waals surface area contributed by atoms with Gasteiger partial charge in [-0.1, -0.05) is 0 Å². The van der Waals surface area contributed by atoms with Gasteiger partial charge in [-0.25, -0.2) is 9.59 Å². The van der Waals surface area contributed by atoms with Gasteiger partial charge in [0.1, 0.15) is 11.5 Å². The second-order valence-electron chi connectivity index (χ2n) is 4.67. The van der Waals surface area contributed by atoms with Crippen LogP contribution in [0.1, 0.15) is 20.7 Å². The van der Waals surface area contributed by atoms with Crippen LogP contribution in [-0.4, -0.2) is 44.1 Å². The van der Waals surface area contributed by atoms with Crippen LogP contribution >= 0.6 is 0 Å². The van der Waals surface area contributed by atoms with Gasteiger partial charge in [0.15, 0.2) is 11.5 Å². The number of benzene rings is 2. The van der Waals surface area contributed by atoms with Crippen LogP contribution in [0.2, 0.25) is 0 Å². The Morgan fingerprint density at radius 1 is 0.760 bits per heavy atom. The van der Waals surface area contributed by atoms with Gasteiger partial charge in [0.25, 0.3) is 0 Å². The van der Waals surface area contributed by atoms with Crippen LogP contribution in [-0.2, 0) is 0 Å². The molecule has 0 fully saturated rings. The van der Waals surface area contributed by atoms with Crippen molar-refractivity contribution in [2.45, 2.75) is 0 Å². The van der Waals surface area contributed by atoms with E-state index >= 15 is 0 Å². The topological polar surface area (TPSA) is 112 Å². The molecule has 0 heterocycles. The van der Waals surface area contributed by atoms with E-state index in [9.17, 15) is 9.59 Å². The van der Waals surface area contributed by atoms with Gasteiger partial charge in [0.2, 0.25) is 0 Å². The van der Waals surface area contributed by atoms with Crippen LogP contribution in [0.4, 0.5) is 0 Å². The zero-order valence-electron chi connectivity index (χ0n) is 13.4. The van der Waals surface area contributed by atoms with Gasteiger partial charge in [-0.15, -0.1) is 0 Å². The van der Waals surface area contributed by atoms with Crippen molar-refractivity contribution in [3.05, 3.63) is 47.5 Å². The Morgan fingerprint density at radius 2 is 1.16 bits per heavy atom. The standard InChI is InChI=1S/C16H14BO8/c1-22-13-7-9(15(18)19)3-5-11(13)24-17-25-12-6-4-10(16(20)21)8-14(12)23-2/h3-8H,1-2H3,(H,18,19)(H,20,21). The Bertz CT molecular complexity index is 724. The van der Waals surface area contributed by atoms with Gasteiger partial charge in [-0.2, -0.15) is 0 Å². The van der Waals surface area contributed by atoms with Crippen LogP contribution in [0.3, 0.4) is 0 Å². The Hall–Kier alpha value is -3.36. The van der Waals surface area contributed by atoms with Crippen molar-refractivity contribution >= 4 is 19.6 Å². The van der Waals surface area contributed by atoms with E-state index in [0.717, 1.165) is 7.69 Å². The Balaban J connectivity index is 2.08. The van der Waals surface area contributed by atoms with Crippen molar-refractivity contribution in [2.75, 3.05) is 14.2 Å². The number of carbonyl (C=O) groups is 2. The number of carboxylic acid groups (broad SMARTS) is 2. The molecule has 2 rings (SSSR count). The predicted molar refractivity (Wildman–Crippen MR) is 86.9 cm³/mol. The molecule has 0 saturated heterocycles. The largest absolute Gasteiger partial charge is 0.658 e. The molecule has 0 unspecified atom stereocenters. The Labute approximate surface area is 143 Å². The third kappa shape index (κ3) is 4.34. The molecule has 0 bridgehead atoms. The first kappa shape index (κ1) is 18.0. The van der Waals surface area contributed by atoms with Crippen LogP contribution in [0.5, 0.6) is 23.0 Å². The zero-order chi connectivity index (χ0) is 18.4. The lowest BCUT2D eigenvalue weighted by atomic mass is 10.2. The minimum atomic E-state index is -1.09. The van der Waals surface area contributed by atoms with E-state index in [2.05, 4.69) is 0 Å². The number of methoxy groups -OCH3 is 2. The molecule has 2 N–H and O–H groups in total. The van der Waals surface area contributed by atoms with Crippen LogP contribution in [0.25, 0.3) is 0 Å². The summed E-state index contributed by atoms with van der Waals surface area (Å²) >= 11 is 0. The van der Waals surface area contributed by atoms with Crippen LogP contribution in [0, 0.1) is 0 Å². The first-order chi connectivity index (χ1) is 12.0. The lowest BCUT2D eigenvalue weighted by Crippen LogP contribution is -2.12. The van der Waals surface area contributed by atoms with E-state index in [4.69, 9.17) is 29.0 Å². The number of hydrogen-bond acceptors (Lipinski definition) is 6. The highest BCUT2D eigenvalue weighted by Gasteiger charge is 2.14. The van der Waals surface area contributed by atoms with Gasteiger partial charge in [0.05, 0.1) is 25.3 Å². The first-order valence-electron chi connectivity index (χ1n) is 6.94. The molecule has 0 aliphatic carbocycles. The third-order valence-electron chi connectivity index (χ3n) is 3.17. The van der Waals surface area contributed by atoms with E-state index < -0.39 is 11.9 Å². The molecule has 0 spiro atoms. The number of aromatic carboxylic acids is 2. The fourth-order valence-electron chi connectivity index (χ4n) is 1.92. The molecule has 0 atom stereocenters. The molecule has 2 aromatic carbocycles. The average molecular weight is 345 g/mol. The maximum Gasteiger partial charge on any atom is 0.658 e. The summed E-state index contributed by atoms with van der Waals surface area (Å²) in [4.78, 5) is 21.9. The van der Waals surface area contributed by atoms with Gasteiger partial charge < -0.3 is 29.0 Å².